The number of carbonyl (C=O) groups excluding carboxylic acids is 1. The summed E-state index contributed by atoms with van der Waals surface area (Å²) in [6.07, 6.45) is 5.39. The summed E-state index contributed by atoms with van der Waals surface area (Å²) in [6.45, 7) is 16.0. The van der Waals surface area contributed by atoms with Crippen LogP contribution in [0.15, 0.2) is 11.6 Å². The lowest BCUT2D eigenvalue weighted by atomic mass is 9.91. The Morgan fingerprint density at radius 3 is 2.77 bits per heavy atom. The molecule has 1 amide bonds. The fourth-order valence-electron chi connectivity index (χ4n) is 4.70. The van der Waals surface area contributed by atoms with E-state index in [-0.39, 0.29) is 23.1 Å². The lowest BCUT2D eigenvalue weighted by molar-refractivity contribution is -0.117. The second-order valence-electron chi connectivity index (χ2n) is 9.53. The number of nitriles is 1. The average Bonchev–Trinajstić information content (AvgIpc) is 3.03. The summed E-state index contributed by atoms with van der Waals surface area (Å²) in [5, 5.41) is 12.7. The van der Waals surface area contributed by atoms with Crippen molar-refractivity contribution in [1.29, 1.82) is 5.26 Å². The van der Waals surface area contributed by atoms with Crippen molar-refractivity contribution in [1.82, 2.24) is 14.8 Å². The maximum absolute atomic E-state index is 12.8. The van der Waals surface area contributed by atoms with Crippen molar-refractivity contribution in [3.63, 3.8) is 0 Å². The zero-order valence-corrected chi connectivity index (χ0v) is 20.4. The number of aromatic nitrogens is 1. The molecular weight excluding hydrogens is 388 g/mol. The third-order valence-electron chi connectivity index (χ3n) is 6.67. The van der Waals surface area contributed by atoms with E-state index in [1.54, 1.807) is 13.2 Å². The standard InChI is InChI=1S/C25H40N4O2/c1-8-21-10-9-11-28(15-21)25(5,6)17-27-24(30)23(14-26)13-22-12-18(2)29(20(22)4)19(3)16-31-7/h12-13,19,21H,8-11,15-17H2,1-7H3,(H,27,30). The maximum Gasteiger partial charge on any atom is 0.262 e. The predicted octanol–water partition coefficient (Wildman–Crippen LogP) is 4.24. The molecule has 0 saturated carbocycles. The van der Waals surface area contributed by atoms with E-state index in [2.05, 4.69) is 48.5 Å². The normalized spacial score (nSPS) is 19.2. The van der Waals surface area contributed by atoms with E-state index in [4.69, 9.17) is 4.74 Å². The Labute approximate surface area is 188 Å². The Hall–Kier alpha value is -2.10. The Morgan fingerprint density at radius 1 is 1.45 bits per heavy atom. The molecule has 0 radical (unpaired) electrons. The number of amides is 1. The van der Waals surface area contributed by atoms with Gasteiger partial charge in [-0.1, -0.05) is 13.3 Å². The lowest BCUT2D eigenvalue weighted by Gasteiger charge is -2.43. The number of carbonyl (C=O) groups is 1. The molecule has 0 bridgehead atoms. The van der Waals surface area contributed by atoms with E-state index in [0.29, 0.717) is 13.2 Å². The monoisotopic (exact) mass is 428 g/mol. The predicted molar refractivity (Wildman–Crippen MR) is 126 cm³/mol. The quantitative estimate of drug-likeness (QED) is 0.472. The highest BCUT2D eigenvalue weighted by Gasteiger charge is 2.31. The summed E-state index contributed by atoms with van der Waals surface area (Å²) in [5.41, 5.74) is 3.01. The molecule has 172 valence electrons. The highest BCUT2D eigenvalue weighted by atomic mass is 16.5. The molecule has 2 atom stereocenters. The molecule has 1 N–H and O–H groups in total. The molecular formula is C25H40N4O2. The Balaban J connectivity index is 2.11. The van der Waals surface area contributed by atoms with E-state index in [1.807, 2.05) is 19.9 Å². The zero-order chi connectivity index (χ0) is 23.2. The number of nitrogens with one attached hydrogen (secondary N) is 1. The summed E-state index contributed by atoms with van der Waals surface area (Å²) in [5.74, 6) is 0.420. The molecule has 0 aromatic carbocycles. The number of hydrogen-bond acceptors (Lipinski definition) is 4. The fraction of sp³-hybridized carbons (Fsp3) is 0.680. The van der Waals surface area contributed by atoms with E-state index in [1.165, 1.54) is 19.3 Å². The molecule has 1 aliphatic heterocycles. The van der Waals surface area contributed by atoms with Crippen LogP contribution in [0.5, 0.6) is 0 Å². The van der Waals surface area contributed by atoms with Crippen LogP contribution in [0.3, 0.4) is 0 Å². The number of ether oxygens (including phenoxy) is 1. The van der Waals surface area contributed by atoms with Gasteiger partial charge in [0.15, 0.2) is 0 Å². The number of likely N-dealkylation sites (tertiary alicyclic amines) is 1. The van der Waals surface area contributed by atoms with Gasteiger partial charge in [0.05, 0.1) is 12.6 Å². The van der Waals surface area contributed by atoms with Gasteiger partial charge < -0.3 is 14.6 Å². The molecule has 2 rings (SSSR count). The first-order valence-corrected chi connectivity index (χ1v) is 11.5. The molecule has 1 saturated heterocycles. The van der Waals surface area contributed by atoms with E-state index in [0.717, 1.165) is 36.0 Å². The molecule has 1 aromatic rings. The largest absolute Gasteiger partial charge is 0.383 e. The van der Waals surface area contributed by atoms with Gasteiger partial charge in [-0.05, 0) is 77.6 Å². The van der Waals surface area contributed by atoms with Crippen LogP contribution >= 0.6 is 0 Å². The van der Waals surface area contributed by atoms with Crippen molar-refractivity contribution >= 4 is 12.0 Å². The van der Waals surface area contributed by atoms with Crippen molar-refractivity contribution in [3.8, 4) is 6.07 Å². The second-order valence-corrected chi connectivity index (χ2v) is 9.53. The highest BCUT2D eigenvalue weighted by Crippen LogP contribution is 2.26. The first-order chi connectivity index (χ1) is 14.6. The maximum atomic E-state index is 12.8. The van der Waals surface area contributed by atoms with Crippen molar-refractivity contribution < 1.29 is 9.53 Å². The van der Waals surface area contributed by atoms with E-state index < -0.39 is 0 Å². The molecule has 0 aliphatic carbocycles. The topological polar surface area (TPSA) is 70.3 Å². The van der Waals surface area contributed by atoms with Crippen LogP contribution in [-0.2, 0) is 9.53 Å². The molecule has 2 heterocycles. The van der Waals surface area contributed by atoms with E-state index >= 15 is 0 Å². The lowest BCUT2D eigenvalue weighted by Crippen LogP contribution is -2.55. The molecule has 6 nitrogen and oxygen atoms in total. The summed E-state index contributed by atoms with van der Waals surface area (Å²) in [6, 6.07) is 4.30. The van der Waals surface area contributed by atoms with Crippen LogP contribution < -0.4 is 5.32 Å². The Bertz CT molecular complexity index is 831. The fourth-order valence-corrected chi connectivity index (χ4v) is 4.70. The number of methoxy groups -OCH3 is 1. The molecule has 31 heavy (non-hydrogen) atoms. The van der Waals surface area contributed by atoms with Gasteiger partial charge in [-0.3, -0.25) is 9.69 Å². The number of aryl methyl sites for hydroxylation is 1. The number of piperidine rings is 1. The van der Waals surface area contributed by atoms with Crippen LogP contribution in [0.2, 0.25) is 0 Å². The van der Waals surface area contributed by atoms with Crippen molar-refractivity contribution in [2.45, 2.75) is 72.4 Å². The minimum absolute atomic E-state index is 0.139. The molecule has 1 aromatic heterocycles. The van der Waals surface area contributed by atoms with Crippen LogP contribution in [0.4, 0.5) is 0 Å². The van der Waals surface area contributed by atoms with Crippen LogP contribution in [0.1, 0.15) is 70.0 Å². The Morgan fingerprint density at radius 2 is 2.16 bits per heavy atom. The number of rotatable bonds is 9. The molecule has 0 spiro atoms. The second kappa shape index (κ2) is 11.0. The smallest absolute Gasteiger partial charge is 0.262 e. The third-order valence-corrected chi connectivity index (χ3v) is 6.67. The minimum Gasteiger partial charge on any atom is -0.383 e. The summed E-state index contributed by atoms with van der Waals surface area (Å²) < 4.78 is 7.47. The first-order valence-electron chi connectivity index (χ1n) is 11.5. The molecule has 1 aliphatic rings. The van der Waals surface area contributed by atoms with Gasteiger partial charge in [0.2, 0.25) is 0 Å². The van der Waals surface area contributed by atoms with Crippen molar-refractivity contribution in [3.05, 3.63) is 28.6 Å². The highest BCUT2D eigenvalue weighted by molar-refractivity contribution is 6.01. The van der Waals surface area contributed by atoms with Crippen molar-refractivity contribution in [2.75, 3.05) is 33.4 Å². The molecule has 2 unspecified atom stereocenters. The van der Waals surface area contributed by atoms with Crippen LogP contribution in [-0.4, -0.2) is 54.3 Å². The van der Waals surface area contributed by atoms with Crippen LogP contribution in [0.25, 0.3) is 6.08 Å². The summed E-state index contributed by atoms with van der Waals surface area (Å²) in [7, 11) is 1.69. The minimum atomic E-state index is -0.311. The van der Waals surface area contributed by atoms with Gasteiger partial charge in [0.25, 0.3) is 5.91 Å². The van der Waals surface area contributed by atoms with Gasteiger partial charge in [-0.2, -0.15) is 5.26 Å². The summed E-state index contributed by atoms with van der Waals surface area (Å²) >= 11 is 0. The number of hydrogen-bond donors (Lipinski definition) is 1. The summed E-state index contributed by atoms with van der Waals surface area (Å²) in [4.78, 5) is 15.3. The van der Waals surface area contributed by atoms with Gasteiger partial charge in [-0.25, -0.2) is 0 Å². The SMILES string of the molecule is CCC1CCCN(C(C)(C)CNC(=O)C(C#N)=Cc2cc(C)n(C(C)COC)c2C)C1. The molecule has 1 fully saturated rings. The Kier molecular flexibility index (Phi) is 8.90. The van der Waals surface area contributed by atoms with E-state index in [9.17, 15) is 10.1 Å². The van der Waals surface area contributed by atoms with Gasteiger partial charge >= 0.3 is 0 Å². The van der Waals surface area contributed by atoms with Crippen LogP contribution in [0, 0.1) is 31.1 Å². The molecule has 6 heteroatoms. The number of nitrogens with zero attached hydrogens (tertiary/aromatic N) is 3. The van der Waals surface area contributed by atoms with Gasteiger partial charge in [-0.15, -0.1) is 0 Å². The van der Waals surface area contributed by atoms with Crippen molar-refractivity contribution in [2.24, 2.45) is 5.92 Å². The first kappa shape index (κ1) is 25.2. The zero-order valence-electron chi connectivity index (χ0n) is 20.4. The van der Waals surface area contributed by atoms with Gasteiger partial charge in [0, 0.05) is 37.1 Å². The van der Waals surface area contributed by atoms with Gasteiger partial charge in [0.1, 0.15) is 11.6 Å². The third kappa shape index (κ3) is 6.21. The average molecular weight is 429 g/mol.